The van der Waals surface area contributed by atoms with Crippen LogP contribution in [-0.2, 0) is 12.5 Å². The van der Waals surface area contributed by atoms with Crippen molar-refractivity contribution < 1.29 is 5.11 Å². The molecule has 0 aliphatic rings. The van der Waals surface area contributed by atoms with E-state index in [1.54, 1.807) is 0 Å². The summed E-state index contributed by atoms with van der Waals surface area (Å²) in [5.74, 6) is 0. The van der Waals surface area contributed by atoms with Crippen molar-refractivity contribution in [3.05, 3.63) is 77.6 Å². The van der Waals surface area contributed by atoms with Crippen LogP contribution in [0.1, 0.15) is 62.3 Å². The molecule has 0 saturated heterocycles. The highest BCUT2D eigenvalue weighted by Gasteiger charge is 2.15. The number of hydrogen-bond acceptors (Lipinski definition) is 4. The van der Waals surface area contributed by atoms with Crippen LogP contribution in [0.25, 0.3) is 11.4 Å². The van der Waals surface area contributed by atoms with E-state index in [4.69, 9.17) is 0 Å². The molecule has 0 spiro atoms. The summed E-state index contributed by atoms with van der Waals surface area (Å²) in [5.41, 5.74) is 6.36. The fourth-order valence-electron chi connectivity index (χ4n) is 4.39. The van der Waals surface area contributed by atoms with Gasteiger partial charge in [0.05, 0.1) is 17.5 Å². The molecule has 2 aromatic heterocycles. The zero-order chi connectivity index (χ0) is 25.3. The molecule has 1 atom stereocenters. The molecule has 3 rings (SSSR count). The highest BCUT2D eigenvalue weighted by Crippen LogP contribution is 2.25. The fourth-order valence-corrected chi connectivity index (χ4v) is 5.84. The first kappa shape index (κ1) is 27.1. The summed E-state index contributed by atoms with van der Waals surface area (Å²) < 4.78 is 0. The Bertz CT molecular complexity index is 1040. The van der Waals surface area contributed by atoms with Gasteiger partial charge < -0.3 is 10.0 Å². The Kier molecular flexibility index (Phi) is 10.1. The standard InChI is InChI=1S/C30H43N3OSi/c1-6-8-18-33(19-9-7-2)27-12-10-26(11-13-27)30(34)22-24-14-16-31-28(20-24)29-21-25(15-17-32-29)23-35(3,4)5/h10-17,20-21,30,34H,6-9,18-19,22-23H2,1-5H3. The topological polar surface area (TPSA) is 49.2 Å². The Balaban J connectivity index is 1.70. The van der Waals surface area contributed by atoms with Gasteiger partial charge >= 0.3 is 0 Å². The van der Waals surface area contributed by atoms with E-state index >= 15 is 0 Å². The molecule has 2 heterocycles. The monoisotopic (exact) mass is 489 g/mol. The van der Waals surface area contributed by atoms with E-state index in [9.17, 15) is 5.11 Å². The number of hydrogen-bond donors (Lipinski definition) is 1. The minimum atomic E-state index is -1.20. The second-order valence-corrected chi connectivity index (χ2v) is 16.3. The highest BCUT2D eigenvalue weighted by molar-refractivity contribution is 6.75. The predicted octanol–water partition coefficient (Wildman–Crippen LogP) is 7.25. The minimum Gasteiger partial charge on any atom is -0.388 e. The normalized spacial score (nSPS) is 12.5. The summed E-state index contributed by atoms with van der Waals surface area (Å²) in [6.45, 7) is 13.8. The lowest BCUT2D eigenvalue weighted by Gasteiger charge is -2.25. The maximum Gasteiger partial charge on any atom is 0.0888 e. The average molecular weight is 490 g/mol. The van der Waals surface area contributed by atoms with Crippen LogP contribution in [0, 0.1) is 0 Å². The molecule has 0 aliphatic carbocycles. The van der Waals surface area contributed by atoms with Crippen LogP contribution >= 0.6 is 0 Å². The van der Waals surface area contributed by atoms with Gasteiger partial charge in [0, 0.05) is 45.7 Å². The van der Waals surface area contributed by atoms with Crippen LogP contribution in [0.4, 0.5) is 5.69 Å². The van der Waals surface area contributed by atoms with Gasteiger partial charge in [0.15, 0.2) is 0 Å². The molecule has 3 aromatic rings. The molecule has 188 valence electrons. The van der Waals surface area contributed by atoms with Crippen LogP contribution in [0.2, 0.25) is 19.6 Å². The van der Waals surface area contributed by atoms with E-state index in [0.717, 1.165) is 41.6 Å². The van der Waals surface area contributed by atoms with Crippen molar-refractivity contribution in [3.8, 4) is 11.4 Å². The average Bonchev–Trinajstić information content (AvgIpc) is 2.83. The van der Waals surface area contributed by atoms with Crippen molar-refractivity contribution in [2.45, 2.75) is 77.7 Å². The summed E-state index contributed by atoms with van der Waals surface area (Å²) in [5, 5.41) is 11.0. The molecule has 0 amide bonds. The molecule has 1 N–H and O–H groups in total. The van der Waals surface area contributed by atoms with Gasteiger partial charge in [0.2, 0.25) is 0 Å². The third-order valence-electron chi connectivity index (χ3n) is 6.28. The number of aliphatic hydroxyl groups excluding tert-OH is 1. The van der Waals surface area contributed by atoms with Gasteiger partial charge in [0.25, 0.3) is 0 Å². The largest absolute Gasteiger partial charge is 0.388 e. The number of anilines is 1. The molecule has 1 aromatic carbocycles. The van der Waals surface area contributed by atoms with Crippen molar-refractivity contribution in [1.82, 2.24) is 9.97 Å². The predicted molar refractivity (Wildman–Crippen MR) is 152 cm³/mol. The molecular formula is C30H43N3OSi. The molecule has 0 radical (unpaired) electrons. The third kappa shape index (κ3) is 8.59. The molecule has 0 fully saturated rings. The maximum absolute atomic E-state index is 11.0. The van der Waals surface area contributed by atoms with E-state index in [0.29, 0.717) is 6.42 Å². The smallest absolute Gasteiger partial charge is 0.0888 e. The van der Waals surface area contributed by atoms with Gasteiger partial charge in [-0.15, -0.1) is 0 Å². The SMILES string of the molecule is CCCCN(CCCC)c1ccc(C(O)Cc2ccnc(-c3cc(C[Si](C)(C)C)ccn3)c2)cc1. The van der Waals surface area contributed by atoms with Crippen molar-refractivity contribution in [3.63, 3.8) is 0 Å². The van der Waals surface area contributed by atoms with Gasteiger partial charge in [-0.25, -0.2) is 0 Å². The lowest BCUT2D eigenvalue weighted by Crippen LogP contribution is -2.25. The number of aromatic nitrogens is 2. The molecule has 0 saturated carbocycles. The van der Waals surface area contributed by atoms with E-state index in [2.05, 4.69) is 90.8 Å². The van der Waals surface area contributed by atoms with Crippen LogP contribution in [0.3, 0.4) is 0 Å². The van der Waals surface area contributed by atoms with Gasteiger partial charge in [-0.05, 0) is 72.0 Å². The number of aliphatic hydroxyl groups is 1. The van der Waals surface area contributed by atoms with Crippen LogP contribution in [-0.4, -0.2) is 36.2 Å². The molecule has 35 heavy (non-hydrogen) atoms. The molecule has 0 bridgehead atoms. The third-order valence-corrected chi connectivity index (χ3v) is 7.75. The number of nitrogens with zero attached hydrogens (tertiary/aromatic N) is 3. The lowest BCUT2D eigenvalue weighted by molar-refractivity contribution is 0.178. The second-order valence-electron chi connectivity index (χ2n) is 10.8. The zero-order valence-electron chi connectivity index (χ0n) is 22.3. The number of rotatable bonds is 13. The van der Waals surface area contributed by atoms with Crippen LogP contribution < -0.4 is 4.90 Å². The molecule has 0 aliphatic heterocycles. The minimum absolute atomic E-state index is 0.551. The zero-order valence-corrected chi connectivity index (χ0v) is 23.3. The van der Waals surface area contributed by atoms with Gasteiger partial charge in [-0.3, -0.25) is 9.97 Å². The molecule has 1 unspecified atom stereocenters. The van der Waals surface area contributed by atoms with Crippen LogP contribution in [0.5, 0.6) is 0 Å². The van der Waals surface area contributed by atoms with Gasteiger partial charge in [-0.1, -0.05) is 58.5 Å². The van der Waals surface area contributed by atoms with Crippen molar-refractivity contribution in [2.24, 2.45) is 0 Å². The second kappa shape index (κ2) is 13.0. The van der Waals surface area contributed by atoms with E-state index in [1.165, 1.54) is 36.9 Å². The summed E-state index contributed by atoms with van der Waals surface area (Å²) >= 11 is 0. The Morgan fingerprint density at radius 1 is 0.800 bits per heavy atom. The Hall–Kier alpha value is -2.50. The first-order valence-electron chi connectivity index (χ1n) is 13.2. The van der Waals surface area contributed by atoms with E-state index in [1.807, 2.05) is 18.5 Å². The first-order valence-corrected chi connectivity index (χ1v) is 16.9. The van der Waals surface area contributed by atoms with Gasteiger partial charge in [-0.2, -0.15) is 0 Å². The Labute approximate surface area is 213 Å². The van der Waals surface area contributed by atoms with Crippen molar-refractivity contribution in [1.29, 1.82) is 0 Å². The summed E-state index contributed by atoms with van der Waals surface area (Å²) in [7, 11) is -1.20. The Morgan fingerprint density at radius 2 is 1.34 bits per heavy atom. The summed E-state index contributed by atoms with van der Waals surface area (Å²) in [4.78, 5) is 11.6. The lowest BCUT2D eigenvalue weighted by atomic mass is 10.0. The quantitative estimate of drug-likeness (QED) is 0.257. The molecular weight excluding hydrogens is 446 g/mol. The van der Waals surface area contributed by atoms with Crippen molar-refractivity contribution >= 4 is 13.8 Å². The Morgan fingerprint density at radius 3 is 1.89 bits per heavy atom. The van der Waals surface area contributed by atoms with Crippen LogP contribution in [0.15, 0.2) is 60.9 Å². The number of benzene rings is 1. The fraction of sp³-hybridized carbons (Fsp3) is 0.467. The molecule has 5 heteroatoms. The maximum atomic E-state index is 11.0. The number of pyridine rings is 2. The highest BCUT2D eigenvalue weighted by atomic mass is 28.3. The van der Waals surface area contributed by atoms with E-state index < -0.39 is 14.2 Å². The summed E-state index contributed by atoms with van der Waals surface area (Å²) in [6.07, 6.45) is 8.52. The molecule has 4 nitrogen and oxygen atoms in total. The van der Waals surface area contributed by atoms with Gasteiger partial charge in [0.1, 0.15) is 0 Å². The summed E-state index contributed by atoms with van der Waals surface area (Å²) in [6, 6.07) is 18.0. The van der Waals surface area contributed by atoms with Crippen molar-refractivity contribution in [2.75, 3.05) is 18.0 Å². The number of unbranched alkanes of at least 4 members (excludes halogenated alkanes) is 2. The first-order chi connectivity index (χ1) is 16.8. The van der Waals surface area contributed by atoms with E-state index in [-0.39, 0.29) is 0 Å².